The van der Waals surface area contributed by atoms with Crippen molar-refractivity contribution in [2.75, 3.05) is 6.54 Å². The first-order valence-corrected chi connectivity index (χ1v) is 7.64. The Morgan fingerprint density at radius 2 is 1.85 bits per heavy atom. The van der Waals surface area contributed by atoms with Gasteiger partial charge in [0.1, 0.15) is 0 Å². The lowest BCUT2D eigenvalue weighted by Gasteiger charge is -2.25. The molecule has 0 aromatic carbocycles. The van der Waals surface area contributed by atoms with Crippen LogP contribution in [0.5, 0.6) is 0 Å². The molecule has 2 unspecified atom stereocenters. The number of rotatable bonds is 8. The van der Waals surface area contributed by atoms with Crippen molar-refractivity contribution < 1.29 is 14.7 Å². The topological polar surface area (TPSA) is 92.4 Å². The summed E-state index contributed by atoms with van der Waals surface area (Å²) in [5.74, 6) is -0.900. The molecule has 1 fully saturated rings. The molecule has 0 bridgehead atoms. The van der Waals surface area contributed by atoms with Gasteiger partial charge in [-0.05, 0) is 32.6 Å². The first-order valence-electron chi connectivity index (χ1n) is 7.64. The van der Waals surface area contributed by atoms with Crippen molar-refractivity contribution in [3.8, 4) is 0 Å². The minimum atomic E-state index is -0.778. The summed E-state index contributed by atoms with van der Waals surface area (Å²) >= 11 is 0. The van der Waals surface area contributed by atoms with Gasteiger partial charge in [0.2, 0.25) is 5.91 Å². The third-order valence-corrected chi connectivity index (χ3v) is 4.36. The van der Waals surface area contributed by atoms with Gasteiger partial charge in [0.05, 0.1) is 5.41 Å². The van der Waals surface area contributed by atoms with Gasteiger partial charge in [-0.1, -0.05) is 26.2 Å². The van der Waals surface area contributed by atoms with E-state index in [0.717, 1.165) is 32.1 Å². The molecule has 0 aliphatic heterocycles. The number of hydrogen-bond donors (Lipinski definition) is 3. The first-order chi connectivity index (χ1) is 9.37. The van der Waals surface area contributed by atoms with Crippen LogP contribution in [-0.2, 0) is 9.59 Å². The third kappa shape index (κ3) is 4.78. The van der Waals surface area contributed by atoms with E-state index >= 15 is 0 Å². The third-order valence-electron chi connectivity index (χ3n) is 4.36. The van der Waals surface area contributed by atoms with Crippen LogP contribution < -0.4 is 11.1 Å². The van der Waals surface area contributed by atoms with Crippen molar-refractivity contribution in [1.82, 2.24) is 5.32 Å². The summed E-state index contributed by atoms with van der Waals surface area (Å²) in [6, 6.07) is 0.166. The molecular formula is C15H28N2O3. The molecular weight excluding hydrogens is 256 g/mol. The maximum atomic E-state index is 12.0. The maximum absolute atomic E-state index is 12.0. The van der Waals surface area contributed by atoms with Gasteiger partial charge in [0.25, 0.3) is 0 Å². The highest BCUT2D eigenvalue weighted by atomic mass is 16.4. The van der Waals surface area contributed by atoms with Crippen molar-refractivity contribution >= 4 is 11.9 Å². The number of carbonyl (C=O) groups excluding carboxylic acids is 1. The van der Waals surface area contributed by atoms with E-state index < -0.39 is 11.4 Å². The standard InChI is InChI=1S/C15H28N2O3/c1-11(6-5-7-12(2)16)13(18)17-10-15(14(19)20)8-3-4-9-15/h11-12H,3-10,16H2,1-2H3,(H,17,18)(H,19,20). The summed E-state index contributed by atoms with van der Waals surface area (Å²) in [7, 11) is 0. The number of aliphatic carboxylic acids is 1. The van der Waals surface area contributed by atoms with Gasteiger partial charge in [-0.25, -0.2) is 0 Å². The molecule has 116 valence electrons. The van der Waals surface area contributed by atoms with Gasteiger partial charge in [0, 0.05) is 18.5 Å². The van der Waals surface area contributed by atoms with E-state index in [2.05, 4.69) is 5.32 Å². The number of carboxylic acids is 1. The molecule has 0 heterocycles. The van der Waals surface area contributed by atoms with Crippen molar-refractivity contribution in [1.29, 1.82) is 0 Å². The molecule has 1 saturated carbocycles. The molecule has 5 heteroatoms. The summed E-state index contributed by atoms with van der Waals surface area (Å²) in [5, 5.41) is 12.2. The first kappa shape index (κ1) is 17.0. The molecule has 2 atom stereocenters. The van der Waals surface area contributed by atoms with Gasteiger partial charge in [-0.2, -0.15) is 0 Å². The summed E-state index contributed by atoms with van der Waals surface area (Å²) in [6.45, 7) is 4.11. The lowest BCUT2D eigenvalue weighted by molar-refractivity contribution is -0.148. The van der Waals surface area contributed by atoms with Crippen LogP contribution in [0.25, 0.3) is 0 Å². The van der Waals surface area contributed by atoms with Crippen molar-refractivity contribution in [2.24, 2.45) is 17.1 Å². The van der Waals surface area contributed by atoms with E-state index in [4.69, 9.17) is 5.73 Å². The lowest BCUT2D eigenvalue weighted by Crippen LogP contribution is -2.42. The van der Waals surface area contributed by atoms with Crippen LogP contribution in [-0.4, -0.2) is 29.6 Å². The minimum absolute atomic E-state index is 0.0396. The largest absolute Gasteiger partial charge is 0.481 e. The average Bonchev–Trinajstić information content (AvgIpc) is 2.85. The Labute approximate surface area is 121 Å². The Balaban J connectivity index is 2.36. The van der Waals surface area contributed by atoms with Gasteiger partial charge in [-0.3, -0.25) is 9.59 Å². The number of carbonyl (C=O) groups is 2. The van der Waals surface area contributed by atoms with E-state index in [9.17, 15) is 14.7 Å². The van der Waals surface area contributed by atoms with E-state index in [-0.39, 0.29) is 24.4 Å². The molecule has 1 amide bonds. The van der Waals surface area contributed by atoms with Gasteiger partial charge in [0.15, 0.2) is 0 Å². The van der Waals surface area contributed by atoms with Crippen molar-refractivity contribution in [3.05, 3.63) is 0 Å². The van der Waals surface area contributed by atoms with Gasteiger partial charge in [-0.15, -0.1) is 0 Å². The highest BCUT2D eigenvalue weighted by Crippen LogP contribution is 2.37. The Kier molecular flexibility index (Phi) is 6.46. The van der Waals surface area contributed by atoms with Crippen LogP contribution in [0.1, 0.15) is 58.8 Å². The molecule has 0 saturated heterocycles. The molecule has 20 heavy (non-hydrogen) atoms. The van der Waals surface area contributed by atoms with Crippen LogP contribution in [0.3, 0.4) is 0 Å². The van der Waals surface area contributed by atoms with Gasteiger partial charge < -0.3 is 16.2 Å². The normalized spacial score (nSPS) is 20.4. The SMILES string of the molecule is CC(N)CCCC(C)C(=O)NCC1(C(=O)O)CCCC1. The van der Waals surface area contributed by atoms with E-state index in [1.54, 1.807) is 0 Å². The zero-order chi connectivity index (χ0) is 15.2. The fourth-order valence-electron chi connectivity index (χ4n) is 2.83. The second-order valence-electron chi connectivity index (χ2n) is 6.32. The second kappa shape index (κ2) is 7.62. The van der Waals surface area contributed by atoms with E-state index in [0.29, 0.717) is 12.8 Å². The molecule has 1 rings (SSSR count). The monoisotopic (exact) mass is 284 g/mol. The zero-order valence-corrected chi connectivity index (χ0v) is 12.7. The fourth-order valence-corrected chi connectivity index (χ4v) is 2.83. The predicted octanol–water partition coefficient (Wildman–Crippen LogP) is 1.90. The molecule has 0 radical (unpaired) electrons. The van der Waals surface area contributed by atoms with E-state index in [1.165, 1.54) is 0 Å². The lowest BCUT2D eigenvalue weighted by atomic mass is 9.86. The Morgan fingerprint density at radius 1 is 1.25 bits per heavy atom. The highest BCUT2D eigenvalue weighted by Gasteiger charge is 2.41. The molecule has 0 aromatic rings. The average molecular weight is 284 g/mol. The molecule has 1 aliphatic rings. The quantitative estimate of drug-likeness (QED) is 0.634. The van der Waals surface area contributed by atoms with Crippen LogP contribution in [0.4, 0.5) is 0 Å². The van der Waals surface area contributed by atoms with Crippen molar-refractivity contribution in [2.45, 2.75) is 64.8 Å². The fraction of sp³-hybridized carbons (Fsp3) is 0.867. The van der Waals surface area contributed by atoms with Crippen LogP contribution in [0.2, 0.25) is 0 Å². The Morgan fingerprint density at radius 3 is 2.35 bits per heavy atom. The summed E-state index contributed by atoms with van der Waals surface area (Å²) in [6.07, 6.45) is 5.85. The van der Waals surface area contributed by atoms with Crippen LogP contribution in [0, 0.1) is 11.3 Å². The zero-order valence-electron chi connectivity index (χ0n) is 12.7. The summed E-state index contributed by atoms with van der Waals surface area (Å²) in [5.41, 5.74) is 4.95. The number of amides is 1. The highest BCUT2D eigenvalue weighted by molar-refractivity contribution is 5.80. The Bertz CT molecular complexity index is 336. The van der Waals surface area contributed by atoms with Crippen molar-refractivity contribution in [3.63, 3.8) is 0 Å². The second-order valence-corrected chi connectivity index (χ2v) is 6.32. The smallest absolute Gasteiger partial charge is 0.311 e. The minimum Gasteiger partial charge on any atom is -0.481 e. The Hall–Kier alpha value is -1.10. The molecule has 0 spiro atoms. The number of nitrogens with two attached hydrogens (primary N) is 1. The predicted molar refractivity (Wildman–Crippen MR) is 78.2 cm³/mol. The molecule has 1 aliphatic carbocycles. The summed E-state index contributed by atoms with van der Waals surface area (Å²) < 4.78 is 0. The number of carboxylic acid groups (broad SMARTS) is 1. The van der Waals surface area contributed by atoms with Crippen LogP contribution in [0.15, 0.2) is 0 Å². The maximum Gasteiger partial charge on any atom is 0.311 e. The van der Waals surface area contributed by atoms with E-state index in [1.807, 2.05) is 13.8 Å². The molecule has 0 aromatic heterocycles. The molecule has 4 N–H and O–H groups in total. The number of nitrogens with one attached hydrogen (secondary N) is 1. The van der Waals surface area contributed by atoms with Crippen LogP contribution >= 0.6 is 0 Å². The number of hydrogen-bond acceptors (Lipinski definition) is 3. The van der Waals surface area contributed by atoms with Gasteiger partial charge >= 0.3 is 5.97 Å². The molecule has 5 nitrogen and oxygen atoms in total. The summed E-state index contributed by atoms with van der Waals surface area (Å²) in [4.78, 5) is 23.4.